The molecule has 0 saturated heterocycles. The van der Waals surface area contributed by atoms with Gasteiger partial charge in [-0.25, -0.2) is 4.39 Å². The molecule has 3 N–H and O–H groups in total. The van der Waals surface area contributed by atoms with E-state index in [1.807, 2.05) is 6.92 Å². The molecular formula is C13H11BrClFN2. The molecule has 18 heavy (non-hydrogen) atoms. The lowest BCUT2D eigenvalue weighted by molar-refractivity contribution is 0.631. The molecule has 0 unspecified atom stereocenters. The highest BCUT2D eigenvalue weighted by Crippen LogP contribution is 2.31. The topological polar surface area (TPSA) is 38.0 Å². The normalized spacial score (nSPS) is 10.4. The van der Waals surface area contributed by atoms with Gasteiger partial charge in [0.15, 0.2) is 0 Å². The molecule has 2 aromatic carbocycles. The molecule has 2 rings (SSSR count). The Bertz CT molecular complexity index is 602. The minimum atomic E-state index is -0.342. The van der Waals surface area contributed by atoms with Gasteiger partial charge in [-0.1, -0.05) is 27.5 Å². The molecule has 0 radical (unpaired) electrons. The predicted octanol–water partition coefficient (Wildman–Crippen LogP) is 4.88. The Kier molecular flexibility index (Phi) is 3.78. The van der Waals surface area contributed by atoms with Crippen molar-refractivity contribution in [1.82, 2.24) is 0 Å². The summed E-state index contributed by atoms with van der Waals surface area (Å²) in [5.74, 6) is -0.342. The third-order valence-electron chi connectivity index (χ3n) is 2.53. The van der Waals surface area contributed by atoms with Gasteiger partial charge in [0.2, 0.25) is 0 Å². The first kappa shape index (κ1) is 13.2. The first-order valence-electron chi connectivity index (χ1n) is 5.25. The third kappa shape index (κ3) is 2.76. The van der Waals surface area contributed by atoms with E-state index in [0.29, 0.717) is 22.1 Å². The summed E-state index contributed by atoms with van der Waals surface area (Å²) >= 11 is 9.25. The van der Waals surface area contributed by atoms with Crippen LogP contribution >= 0.6 is 27.5 Å². The summed E-state index contributed by atoms with van der Waals surface area (Å²) in [5, 5.41) is 3.55. The van der Waals surface area contributed by atoms with Crippen LogP contribution in [0.4, 0.5) is 21.5 Å². The average molecular weight is 330 g/mol. The van der Waals surface area contributed by atoms with Crippen LogP contribution in [0.15, 0.2) is 34.8 Å². The molecule has 0 aliphatic carbocycles. The van der Waals surface area contributed by atoms with Crippen molar-refractivity contribution in [2.24, 2.45) is 0 Å². The molecule has 0 fully saturated rings. The highest BCUT2D eigenvalue weighted by Gasteiger charge is 2.07. The maximum Gasteiger partial charge on any atom is 0.146 e. The zero-order valence-electron chi connectivity index (χ0n) is 9.60. The largest absolute Gasteiger partial charge is 0.397 e. The van der Waals surface area contributed by atoms with Crippen molar-refractivity contribution in [1.29, 1.82) is 0 Å². The molecular weight excluding hydrogens is 319 g/mol. The Balaban J connectivity index is 2.40. The molecule has 2 aromatic rings. The van der Waals surface area contributed by atoms with Crippen LogP contribution < -0.4 is 11.1 Å². The van der Waals surface area contributed by atoms with Crippen molar-refractivity contribution < 1.29 is 4.39 Å². The van der Waals surface area contributed by atoms with Crippen molar-refractivity contribution in [2.75, 3.05) is 11.1 Å². The van der Waals surface area contributed by atoms with Crippen molar-refractivity contribution in [2.45, 2.75) is 6.92 Å². The zero-order chi connectivity index (χ0) is 13.3. The van der Waals surface area contributed by atoms with Gasteiger partial charge in [0.1, 0.15) is 5.82 Å². The summed E-state index contributed by atoms with van der Waals surface area (Å²) in [7, 11) is 0. The second-order valence-electron chi connectivity index (χ2n) is 3.94. The molecule has 0 heterocycles. The van der Waals surface area contributed by atoms with E-state index < -0.39 is 0 Å². The lowest BCUT2D eigenvalue weighted by Crippen LogP contribution is -1.99. The molecule has 0 bridgehead atoms. The number of nitrogen functional groups attached to an aromatic ring is 1. The number of nitrogens with one attached hydrogen (secondary N) is 1. The van der Waals surface area contributed by atoms with Crippen molar-refractivity contribution in [3.8, 4) is 0 Å². The fraction of sp³-hybridized carbons (Fsp3) is 0.0769. The number of aryl methyl sites for hydroxylation is 1. The first-order valence-corrected chi connectivity index (χ1v) is 6.42. The molecule has 94 valence electrons. The summed E-state index contributed by atoms with van der Waals surface area (Å²) in [6.07, 6.45) is 0. The van der Waals surface area contributed by atoms with Gasteiger partial charge < -0.3 is 11.1 Å². The standard InChI is InChI=1S/C13H11BrClFN2/c1-7-4-13(11(17)6-9(7)15)18-12-5-8(14)2-3-10(12)16/h2-6,18H,17H2,1H3. The van der Waals surface area contributed by atoms with E-state index in [1.54, 1.807) is 24.3 Å². The number of nitrogens with two attached hydrogens (primary N) is 1. The van der Waals surface area contributed by atoms with Gasteiger partial charge in [-0.15, -0.1) is 0 Å². The second kappa shape index (κ2) is 5.16. The van der Waals surface area contributed by atoms with Gasteiger partial charge in [-0.3, -0.25) is 0 Å². The molecule has 0 aromatic heterocycles. The maximum atomic E-state index is 13.6. The van der Waals surface area contributed by atoms with Gasteiger partial charge in [0.05, 0.1) is 17.1 Å². The van der Waals surface area contributed by atoms with Crippen LogP contribution in [0.1, 0.15) is 5.56 Å². The minimum Gasteiger partial charge on any atom is -0.397 e. The number of hydrogen-bond donors (Lipinski definition) is 2. The fourth-order valence-corrected chi connectivity index (χ4v) is 2.08. The number of rotatable bonds is 2. The van der Waals surface area contributed by atoms with Crippen LogP contribution in [0.3, 0.4) is 0 Å². The number of halogens is 3. The average Bonchev–Trinajstić information content (AvgIpc) is 2.30. The van der Waals surface area contributed by atoms with Crippen molar-refractivity contribution in [3.05, 3.63) is 51.2 Å². The van der Waals surface area contributed by atoms with Gasteiger partial charge >= 0.3 is 0 Å². The summed E-state index contributed by atoms with van der Waals surface area (Å²) in [5.41, 5.74) is 8.19. The van der Waals surface area contributed by atoms with Crippen LogP contribution in [0.2, 0.25) is 5.02 Å². The summed E-state index contributed by atoms with van der Waals surface area (Å²) in [6, 6.07) is 8.11. The van der Waals surface area contributed by atoms with Gasteiger partial charge in [0, 0.05) is 9.50 Å². The SMILES string of the molecule is Cc1cc(Nc2cc(Br)ccc2F)c(N)cc1Cl. The van der Waals surface area contributed by atoms with E-state index in [4.69, 9.17) is 17.3 Å². The fourth-order valence-electron chi connectivity index (χ4n) is 1.54. The number of hydrogen-bond acceptors (Lipinski definition) is 2. The van der Waals surface area contributed by atoms with E-state index >= 15 is 0 Å². The second-order valence-corrected chi connectivity index (χ2v) is 5.26. The lowest BCUT2D eigenvalue weighted by atomic mass is 10.2. The molecule has 0 atom stereocenters. The van der Waals surface area contributed by atoms with E-state index in [0.717, 1.165) is 10.0 Å². The Morgan fingerprint density at radius 3 is 2.67 bits per heavy atom. The molecule has 0 aliphatic heterocycles. The Hall–Kier alpha value is -1.26. The van der Waals surface area contributed by atoms with Crippen LogP contribution in [0, 0.1) is 12.7 Å². The van der Waals surface area contributed by atoms with Crippen molar-refractivity contribution in [3.63, 3.8) is 0 Å². The lowest BCUT2D eigenvalue weighted by Gasteiger charge is -2.12. The minimum absolute atomic E-state index is 0.342. The monoisotopic (exact) mass is 328 g/mol. The highest BCUT2D eigenvalue weighted by atomic mass is 79.9. The Morgan fingerprint density at radius 1 is 1.22 bits per heavy atom. The number of anilines is 3. The summed E-state index contributed by atoms with van der Waals surface area (Å²) in [6.45, 7) is 1.87. The number of benzene rings is 2. The van der Waals surface area contributed by atoms with Gasteiger partial charge in [-0.2, -0.15) is 0 Å². The van der Waals surface area contributed by atoms with Crippen LogP contribution in [-0.2, 0) is 0 Å². The summed E-state index contributed by atoms with van der Waals surface area (Å²) < 4.78 is 14.4. The third-order valence-corrected chi connectivity index (χ3v) is 3.43. The zero-order valence-corrected chi connectivity index (χ0v) is 11.9. The van der Waals surface area contributed by atoms with Crippen LogP contribution in [0.25, 0.3) is 0 Å². The van der Waals surface area contributed by atoms with E-state index in [2.05, 4.69) is 21.2 Å². The molecule has 2 nitrogen and oxygen atoms in total. The Labute approximate surface area is 118 Å². The van der Waals surface area contributed by atoms with E-state index in [1.165, 1.54) is 6.07 Å². The van der Waals surface area contributed by atoms with Gasteiger partial charge in [0.25, 0.3) is 0 Å². The quantitative estimate of drug-likeness (QED) is 0.771. The molecule has 0 spiro atoms. The summed E-state index contributed by atoms with van der Waals surface area (Å²) in [4.78, 5) is 0. The van der Waals surface area contributed by atoms with Crippen LogP contribution in [-0.4, -0.2) is 0 Å². The predicted molar refractivity (Wildman–Crippen MR) is 78.0 cm³/mol. The Morgan fingerprint density at radius 2 is 1.94 bits per heavy atom. The highest BCUT2D eigenvalue weighted by molar-refractivity contribution is 9.10. The molecule has 0 amide bonds. The van der Waals surface area contributed by atoms with Crippen molar-refractivity contribution >= 4 is 44.6 Å². The maximum absolute atomic E-state index is 13.6. The van der Waals surface area contributed by atoms with E-state index in [-0.39, 0.29) is 5.82 Å². The molecule has 5 heteroatoms. The molecule has 0 saturated carbocycles. The first-order chi connectivity index (χ1) is 8.47. The van der Waals surface area contributed by atoms with E-state index in [9.17, 15) is 4.39 Å². The smallest absolute Gasteiger partial charge is 0.146 e. The molecule has 0 aliphatic rings. The van der Waals surface area contributed by atoms with Crippen LogP contribution in [0.5, 0.6) is 0 Å². The van der Waals surface area contributed by atoms with Gasteiger partial charge in [-0.05, 0) is 42.8 Å².